The number of anilines is 2. The van der Waals surface area contributed by atoms with Crippen LogP contribution in [0.5, 0.6) is 5.75 Å². The maximum atomic E-state index is 12.4. The van der Waals surface area contributed by atoms with Crippen LogP contribution in [0.1, 0.15) is 18.1 Å². The number of sulfonamides is 1. The molecule has 2 N–H and O–H groups in total. The van der Waals surface area contributed by atoms with Crippen LogP contribution in [0.15, 0.2) is 65.8 Å². The highest BCUT2D eigenvalue weighted by Gasteiger charge is 2.18. The molecule has 0 unspecified atom stereocenters. The van der Waals surface area contributed by atoms with Crippen molar-refractivity contribution in [2.75, 3.05) is 10.0 Å². The van der Waals surface area contributed by atoms with E-state index in [-0.39, 0.29) is 16.8 Å². The number of hydrogen-bond acceptors (Lipinski definition) is 6. The average Bonchev–Trinajstić information content (AvgIpc) is 2.68. The molecule has 0 spiro atoms. The number of carbonyl (C=O) groups excluding carboxylic acids is 1. The van der Waals surface area contributed by atoms with Crippen LogP contribution in [0.3, 0.4) is 0 Å². The molecule has 3 aromatic rings. The Morgan fingerprint density at radius 1 is 1.00 bits per heavy atom. The largest absolute Gasteiger partial charge is 0.481 e. The summed E-state index contributed by atoms with van der Waals surface area (Å²) in [6, 6.07) is 13.1. The van der Waals surface area contributed by atoms with Gasteiger partial charge in [0.05, 0.1) is 4.90 Å². The van der Waals surface area contributed by atoms with Gasteiger partial charge in [-0.25, -0.2) is 23.1 Å². The second-order valence-electron chi connectivity index (χ2n) is 6.78. The van der Waals surface area contributed by atoms with Gasteiger partial charge in [-0.15, -0.1) is 0 Å². The first kappa shape index (κ1) is 21.3. The van der Waals surface area contributed by atoms with Crippen molar-refractivity contribution in [3.8, 4) is 5.75 Å². The van der Waals surface area contributed by atoms with Gasteiger partial charge in [-0.2, -0.15) is 0 Å². The normalized spacial score (nSPS) is 12.1. The number of benzene rings is 2. The Morgan fingerprint density at radius 2 is 1.60 bits per heavy atom. The van der Waals surface area contributed by atoms with Crippen molar-refractivity contribution < 1.29 is 17.9 Å². The van der Waals surface area contributed by atoms with Crippen LogP contribution in [-0.2, 0) is 14.8 Å². The highest BCUT2D eigenvalue weighted by atomic mass is 32.2. The summed E-state index contributed by atoms with van der Waals surface area (Å²) in [5, 5.41) is 2.72. The maximum Gasteiger partial charge on any atom is 0.265 e. The van der Waals surface area contributed by atoms with E-state index in [0.717, 1.165) is 11.1 Å². The van der Waals surface area contributed by atoms with Crippen LogP contribution < -0.4 is 14.8 Å². The number of nitrogens with zero attached hydrogens (tertiary/aromatic N) is 2. The van der Waals surface area contributed by atoms with E-state index < -0.39 is 16.1 Å². The number of ether oxygens (including phenoxy) is 1. The lowest BCUT2D eigenvalue weighted by Gasteiger charge is -2.16. The Morgan fingerprint density at radius 3 is 2.20 bits per heavy atom. The Bertz CT molecular complexity index is 1110. The van der Waals surface area contributed by atoms with Crippen molar-refractivity contribution in [2.45, 2.75) is 31.8 Å². The van der Waals surface area contributed by atoms with Gasteiger partial charge < -0.3 is 10.1 Å². The minimum Gasteiger partial charge on any atom is -0.481 e. The number of aryl methyl sites for hydroxylation is 2. The summed E-state index contributed by atoms with van der Waals surface area (Å²) in [6.45, 7) is 5.56. The van der Waals surface area contributed by atoms with Crippen LogP contribution >= 0.6 is 0 Å². The minimum atomic E-state index is -3.84. The lowest BCUT2D eigenvalue weighted by molar-refractivity contribution is -0.122. The zero-order chi connectivity index (χ0) is 21.7. The van der Waals surface area contributed by atoms with E-state index in [1.807, 2.05) is 32.0 Å². The molecule has 1 atom stereocenters. The van der Waals surface area contributed by atoms with Gasteiger partial charge in [0.25, 0.3) is 15.9 Å². The number of aromatic nitrogens is 2. The predicted molar refractivity (Wildman–Crippen MR) is 114 cm³/mol. The van der Waals surface area contributed by atoms with E-state index >= 15 is 0 Å². The predicted octanol–water partition coefficient (Wildman–Crippen LogP) is 3.30. The second-order valence-corrected chi connectivity index (χ2v) is 8.46. The first-order valence-electron chi connectivity index (χ1n) is 9.19. The minimum absolute atomic E-state index is 0.0208. The summed E-state index contributed by atoms with van der Waals surface area (Å²) < 4.78 is 32.8. The molecule has 0 saturated carbocycles. The zero-order valence-electron chi connectivity index (χ0n) is 16.8. The molecule has 1 heterocycles. The molecule has 0 aliphatic rings. The van der Waals surface area contributed by atoms with E-state index in [4.69, 9.17) is 4.74 Å². The quantitative estimate of drug-likeness (QED) is 0.600. The van der Waals surface area contributed by atoms with Crippen molar-refractivity contribution >= 4 is 27.6 Å². The molecule has 0 aliphatic heterocycles. The number of carbonyl (C=O) groups is 1. The van der Waals surface area contributed by atoms with Crippen molar-refractivity contribution in [3.05, 3.63) is 72.1 Å². The van der Waals surface area contributed by atoms with Crippen LogP contribution in [0.4, 0.5) is 11.6 Å². The van der Waals surface area contributed by atoms with Crippen LogP contribution in [0.2, 0.25) is 0 Å². The Hall–Kier alpha value is -3.46. The molecule has 0 bridgehead atoms. The third-order valence-corrected chi connectivity index (χ3v) is 5.44. The van der Waals surface area contributed by atoms with Gasteiger partial charge in [0, 0.05) is 18.1 Å². The molecule has 0 radical (unpaired) electrons. The topological polar surface area (TPSA) is 110 Å². The third-order valence-electron chi connectivity index (χ3n) is 4.10. The summed E-state index contributed by atoms with van der Waals surface area (Å²) >= 11 is 0. The van der Waals surface area contributed by atoms with Crippen LogP contribution in [0.25, 0.3) is 0 Å². The summed E-state index contributed by atoms with van der Waals surface area (Å²) in [4.78, 5) is 20.1. The first-order chi connectivity index (χ1) is 14.2. The lowest BCUT2D eigenvalue weighted by Crippen LogP contribution is -2.30. The molecule has 8 nitrogen and oxygen atoms in total. The zero-order valence-corrected chi connectivity index (χ0v) is 17.6. The smallest absolute Gasteiger partial charge is 0.265 e. The number of hydrogen-bond donors (Lipinski definition) is 2. The van der Waals surface area contributed by atoms with Gasteiger partial charge >= 0.3 is 0 Å². The third kappa shape index (κ3) is 5.54. The molecule has 0 fully saturated rings. The summed E-state index contributed by atoms with van der Waals surface area (Å²) in [7, 11) is -3.84. The number of amides is 1. The van der Waals surface area contributed by atoms with Crippen molar-refractivity contribution in [1.29, 1.82) is 0 Å². The summed E-state index contributed by atoms with van der Waals surface area (Å²) in [6.07, 6.45) is 2.14. The van der Waals surface area contributed by atoms with Crippen LogP contribution in [-0.4, -0.2) is 30.4 Å². The molecule has 30 heavy (non-hydrogen) atoms. The summed E-state index contributed by atoms with van der Waals surface area (Å²) in [5.74, 6) is 0.249. The van der Waals surface area contributed by atoms with E-state index in [1.165, 1.54) is 36.7 Å². The molecular formula is C21H22N4O4S. The molecule has 1 amide bonds. The fraction of sp³-hybridized carbons (Fsp3) is 0.190. The van der Waals surface area contributed by atoms with Gasteiger partial charge in [-0.3, -0.25) is 4.79 Å². The molecule has 3 rings (SSSR count). The van der Waals surface area contributed by atoms with E-state index in [1.54, 1.807) is 13.0 Å². The molecule has 0 aliphatic carbocycles. The number of nitrogens with one attached hydrogen (secondary N) is 2. The van der Waals surface area contributed by atoms with E-state index in [0.29, 0.717) is 11.4 Å². The molecule has 2 aromatic carbocycles. The van der Waals surface area contributed by atoms with Gasteiger partial charge in [0.1, 0.15) is 5.75 Å². The molecule has 0 saturated heterocycles. The monoisotopic (exact) mass is 426 g/mol. The maximum absolute atomic E-state index is 12.4. The second kappa shape index (κ2) is 8.91. The Labute approximate surface area is 175 Å². The molecule has 1 aromatic heterocycles. The SMILES string of the molecule is Cc1cc(C)cc(O[C@@H](C)C(=O)Nc2ccc(S(=O)(=O)Nc3ncccn3)cc2)c1. The van der Waals surface area contributed by atoms with Crippen molar-refractivity contribution in [1.82, 2.24) is 9.97 Å². The first-order valence-corrected chi connectivity index (χ1v) is 10.7. The van der Waals surface area contributed by atoms with Crippen LogP contribution in [0, 0.1) is 13.8 Å². The van der Waals surface area contributed by atoms with E-state index in [9.17, 15) is 13.2 Å². The van der Waals surface area contributed by atoms with Crippen molar-refractivity contribution in [3.63, 3.8) is 0 Å². The summed E-state index contributed by atoms with van der Waals surface area (Å²) in [5.41, 5.74) is 2.54. The van der Waals surface area contributed by atoms with Crippen molar-refractivity contribution in [2.24, 2.45) is 0 Å². The molecule has 156 valence electrons. The van der Waals surface area contributed by atoms with Gasteiger partial charge in [0.2, 0.25) is 5.95 Å². The molecule has 9 heteroatoms. The fourth-order valence-electron chi connectivity index (χ4n) is 2.75. The Kier molecular flexibility index (Phi) is 6.31. The highest BCUT2D eigenvalue weighted by Crippen LogP contribution is 2.19. The highest BCUT2D eigenvalue weighted by molar-refractivity contribution is 7.92. The van der Waals surface area contributed by atoms with E-state index in [2.05, 4.69) is 20.0 Å². The van der Waals surface area contributed by atoms with Gasteiger partial charge in [0.15, 0.2) is 6.10 Å². The van der Waals surface area contributed by atoms with Gasteiger partial charge in [-0.1, -0.05) is 6.07 Å². The lowest BCUT2D eigenvalue weighted by atomic mass is 10.1. The fourth-order valence-corrected chi connectivity index (χ4v) is 3.71. The average molecular weight is 426 g/mol. The van der Waals surface area contributed by atoms with Gasteiger partial charge in [-0.05, 0) is 74.4 Å². The molecular weight excluding hydrogens is 404 g/mol. The number of rotatable bonds is 7. The Balaban J connectivity index is 1.63. The standard InChI is InChI=1S/C21H22N4O4S/c1-14-11-15(2)13-18(12-14)29-16(3)20(26)24-17-5-7-19(8-6-17)30(27,28)25-21-22-9-4-10-23-21/h4-13,16H,1-3H3,(H,24,26)(H,22,23,25)/t16-/m0/s1.